The summed E-state index contributed by atoms with van der Waals surface area (Å²) in [5, 5.41) is 0. The van der Waals surface area contributed by atoms with E-state index >= 15 is 0 Å². The SMILES string of the molecule is COC(=O)[C@H](C)C[C@H](N)C(=O)OC. The Morgan fingerprint density at radius 3 is 2.08 bits per heavy atom. The van der Waals surface area contributed by atoms with Gasteiger partial charge in [0.2, 0.25) is 0 Å². The van der Waals surface area contributed by atoms with E-state index < -0.39 is 12.0 Å². The van der Waals surface area contributed by atoms with Gasteiger partial charge in [0.05, 0.1) is 20.1 Å². The lowest BCUT2D eigenvalue weighted by atomic mass is 10.0. The van der Waals surface area contributed by atoms with Gasteiger partial charge in [-0.3, -0.25) is 9.59 Å². The lowest BCUT2D eigenvalue weighted by molar-refractivity contribution is -0.146. The van der Waals surface area contributed by atoms with Crippen LogP contribution in [0.15, 0.2) is 0 Å². The van der Waals surface area contributed by atoms with Crippen molar-refractivity contribution in [3.05, 3.63) is 0 Å². The zero-order valence-electron chi connectivity index (χ0n) is 8.07. The quantitative estimate of drug-likeness (QED) is 0.613. The van der Waals surface area contributed by atoms with Gasteiger partial charge in [-0.25, -0.2) is 0 Å². The van der Waals surface area contributed by atoms with Gasteiger partial charge in [0.25, 0.3) is 0 Å². The third kappa shape index (κ3) is 3.89. The molecule has 0 aliphatic rings. The predicted molar refractivity (Wildman–Crippen MR) is 45.8 cm³/mol. The van der Waals surface area contributed by atoms with Crippen LogP contribution in [-0.2, 0) is 19.1 Å². The van der Waals surface area contributed by atoms with Crippen molar-refractivity contribution in [3.8, 4) is 0 Å². The number of hydrogen-bond acceptors (Lipinski definition) is 5. The zero-order valence-corrected chi connectivity index (χ0v) is 8.07. The maximum atomic E-state index is 10.9. The molecular weight excluding hydrogens is 174 g/mol. The van der Waals surface area contributed by atoms with Crippen LogP contribution in [0, 0.1) is 5.92 Å². The molecule has 0 bridgehead atoms. The Hall–Kier alpha value is -1.10. The average molecular weight is 189 g/mol. The minimum atomic E-state index is -0.765. The molecule has 13 heavy (non-hydrogen) atoms. The van der Waals surface area contributed by atoms with E-state index in [-0.39, 0.29) is 18.3 Å². The molecule has 2 N–H and O–H groups in total. The normalized spacial score (nSPS) is 14.5. The lowest BCUT2D eigenvalue weighted by Gasteiger charge is -2.13. The maximum Gasteiger partial charge on any atom is 0.322 e. The van der Waals surface area contributed by atoms with E-state index in [0.717, 1.165) is 0 Å². The van der Waals surface area contributed by atoms with Crippen LogP contribution in [0.2, 0.25) is 0 Å². The van der Waals surface area contributed by atoms with Crippen LogP contribution in [0.25, 0.3) is 0 Å². The van der Waals surface area contributed by atoms with Crippen LogP contribution in [-0.4, -0.2) is 32.2 Å². The van der Waals surface area contributed by atoms with Crippen LogP contribution >= 0.6 is 0 Å². The fourth-order valence-corrected chi connectivity index (χ4v) is 0.926. The fraction of sp³-hybridized carbons (Fsp3) is 0.750. The van der Waals surface area contributed by atoms with E-state index in [4.69, 9.17) is 5.73 Å². The third-order valence-corrected chi connectivity index (χ3v) is 1.71. The topological polar surface area (TPSA) is 78.6 Å². The molecule has 76 valence electrons. The average Bonchev–Trinajstić information content (AvgIpc) is 2.14. The Morgan fingerprint density at radius 1 is 1.23 bits per heavy atom. The Labute approximate surface area is 77.2 Å². The summed E-state index contributed by atoms with van der Waals surface area (Å²) >= 11 is 0. The summed E-state index contributed by atoms with van der Waals surface area (Å²) in [5.74, 6) is -1.28. The maximum absolute atomic E-state index is 10.9. The van der Waals surface area contributed by atoms with Crippen LogP contribution in [0.1, 0.15) is 13.3 Å². The van der Waals surface area contributed by atoms with E-state index in [1.807, 2.05) is 0 Å². The molecule has 2 atom stereocenters. The highest BCUT2D eigenvalue weighted by molar-refractivity contribution is 5.77. The van der Waals surface area contributed by atoms with E-state index in [0.29, 0.717) is 0 Å². The van der Waals surface area contributed by atoms with Gasteiger partial charge in [-0.15, -0.1) is 0 Å². The van der Waals surface area contributed by atoms with Crippen molar-refractivity contribution < 1.29 is 19.1 Å². The highest BCUT2D eigenvalue weighted by Gasteiger charge is 2.21. The van der Waals surface area contributed by atoms with Gasteiger partial charge in [0, 0.05) is 0 Å². The zero-order chi connectivity index (χ0) is 10.4. The Kier molecular flexibility index (Phi) is 5.06. The van der Waals surface area contributed by atoms with E-state index in [1.165, 1.54) is 14.2 Å². The highest BCUT2D eigenvalue weighted by atomic mass is 16.5. The van der Waals surface area contributed by atoms with Crippen LogP contribution in [0.4, 0.5) is 0 Å². The minimum Gasteiger partial charge on any atom is -0.469 e. The summed E-state index contributed by atoms with van der Waals surface area (Å²) in [6.07, 6.45) is 0.235. The molecule has 0 aromatic rings. The number of carbonyl (C=O) groups is 2. The number of ether oxygens (including phenoxy) is 2. The third-order valence-electron chi connectivity index (χ3n) is 1.71. The first kappa shape index (κ1) is 11.9. The predicted octanol–water partition coefficient (Wildman–Crippen LogP) is -0.314. The molecule has 0 radical (unpaired) electrons. The van der Waals surface area contributed by atoms with Crippen molar-refractivity contribution in [1.82, 2.24) is 0 Å². The monoisotopic (exact) mass is 189 g/mol. The number of carbonyl (C=O) groups excluding carboxylic acids is 2. The Bertz CT molecular complexity index is 173. The molecule has 0 aliphatic carbocycles. The molecular formula is C8H15NO4. The number of esters is 2. The van der Waals surface area contributed by atoms with Crippen LogP contribution < -0.4 is 5.73 Å². The number of nitrogens with two attached hydrogens (primary N) is 1. The van der Waals surface area contributed by atoms with Crippen molar-refractivity contribution in [3.63, 3.8) is 0 Å². The number of methoxy groups -OCH3 is 2. The molecule has 0 aromatic carbocycles. The molecule has 0 saturated heterocycles. The van der Waals surface area contributed by atoms with Crippen molar-refractivity contribution >= 4 is 11.9 Å². The van der Waals surface area contributed by atoms with Gasteiger partial charge >= 0.3 is 11.9 Å². The van der Waals surface area contributed by atoms with E-state index in [1.54, 1.807) is 6.92 Å². The smallest absolute Gasteiger partial charge is 0.322 e. The molecule has 0 aromatic heterocycles. The molecule has 0 saturated carbocycles. The molecule has 0 heterocycles. The van der Waals surface area contributed by atoms with E-state index in [2.05, 4.69) is 9.47 Å². The Balaban J connectivity index is 3.98. The van der Waals surface area contributed by atoms with Crippen LogP contribution in [0.5, 0.6) is 0 Å². The van der Waals surface area contributed by atoms with Crippen molar-refractivity contribution in [1.29, 1.82) is 0 Å². The van der Waals surface area contributed by atoms with Gasteiger partial charge in [-0.05, 0) is 6.42 Å². The molecule has 0 fully saturated rings. The fourth-order valence-electron chi connectivity index (χ4n) is 0.926. The van der Waals surface area contributed by atoms with Gasteiger partial charge in [-0.2, -0.15) is 0 Å². The standard InChI is InChI=1S/C8H15NO4/c1-5(7(10)12-2)4-6(9)8(11)13-3/h5-6H,4,9H2,1-3H3/t5-,6+/m1/s1. The molecule has 0 amide bonds. The second kappa shape index (κ2) is 5.53. The second-order valence-corrected chi connectivity index (χ2v) is 2.79. The summed E-state index contributed by atoms with van der Waals surface area (Å²) < 4.78 is 8.89. The van der Waals surface area contributed by atoms with Crippen molar-refractivity contribution in [2.75, 3.05) is 14.2 Å². The largest absolute Gasteiger partial charge is 0.469 e. The molecule has 0 unspecified atom stereocenters. The molecule has 0 spiro atoms. The van der Waals surface area contributed by atoms with Gasteiger partial charge in [0.15, 0.2) is 0 Å². The molecule has 5 nitrogen and oxygen atoms in total. The first-order valence-electron chi connectivity index (χ1n) is 3.94. The highest BCUT2D eigenvalue weighted by Crippen LogP contribution is 2.07. The van der Waals surface area contributed by atoms with Gasteiger partial charge in [0.1, 0.15) is 6.04 Å². The summed E-state index contributed by atoms with van der Waals surface area (Å²) in [6.45, 7) is 1.65. The first-order chi connectivity index (χ1) is 6.02. The molecule has 0 aliphatic heterocycles. The Morgan fingerprint density at radius 2 is 1.69 bits per heavy atom. The van der Waals surface area contributed by atoms with Gasteiger partial charge in [-0.1, -0.05) is 6.92 Å². The summed E-state index contributed by atoms with van der Waals surface area (Å²) in [4.78, 5) is 21.8. The van der Waals surface area contributed by atoms with Crippen LogP contribution in [0.3, 0.4) is 0 Å². The van der Waals surface area contributed by atoms with Crippen molar-refractivity contribution in [2.45, 2.75) is 19.4 Å². The minimum absolute atomic E-state index is 0.235. The number of hydrogen-bond donors (Lipinski definition) is 1. The number of rotatable bonds is 4. The first-order valence-corrected chi connectivity index (χ1v) is 3.94. The lowest BCUT2D eigenvalue weighted by Crippen LogP contribution is -2.35. The second-order valence-electron chi connectivity index (χ2n) is 2.79. The van der Waals surface area contributed by atoms with Gasteiger partial charge < -0.3 is 15.2 Å². The molecule has 0 rings (SSSR count). The summed E-state index contributed by atoms with van der Waals surface area (Å²) in [7, 11) is 2.55. The van der Waals surface area contributed by atoms with E-state index in [9.17, 15) is 9.59 Å². The molecule has 5 heteroatoms. The summed E-state index contributed by atoms with van der Waals surface area (Å²) in [6, 6.07) is -0.765. The van der Waals surface area contributed by atoms with Crippen molar-refractivity contribution in [2.24, 2.45) is 11.7 Å². The summed E-state index contributed by atoms with van der Waals surface area (Å²) in [5.41, 5.74) is 5.44.